The second-order valence-electron chi connectivity index (χ2n) is 11.1. The van der Waals surface area contributed by atoms with Crippen molar-refractivity contribution >= 4 is 41.6 Å². The van der Waals surface area contributed by atoms with Crippen LogP contribution in [0.3, 0.4) is 0 Å². The molecule has 0 aromatic heterocycles. The fourth-order valence-electron chi connectivity index (χ4n) is 5.36. The number of rotatable bonds is 15. The van der Waals surface area contributed by atoms with E-state index in [1.54, 1.807) is 30.3 Å². The molecule has 4 rings (SSSR count). The molecular formula is C22H33NO21S4. The van der Waals surface area contributed by atoms with E-state index in [9.17, 15) is 51.9 Å². The van der Waals surface area contributed by atoms with Gasteiger partial charge in [0.05, 0.1) is 6.61 Å². The maximum atomic E-state index is 11.8. The maximum Gasteiger partial charge on any atom is 0.397 e. The zero-order valence-electron chi connectivity index (χ0n) is 25.0. The molecule has 48 heavy (non-hydrogen) atoms. The minimum absolute atomic E-state index is 0.115. The van der Waals surface area contributed by atoms with Crippen molar-refractivity contribution in [1.29, 1.82) is 0 Å². The van der Waals surface area contributed by atoms with Crippen LogP contribution < -0.4 is 5.32 Å². The summed E-state index contributed by atoms with van der Waals surface area (Å²) in [6.45, 7) is 2.84. The van der Waals surface area contributed by atoms with Crippen LogP contribution in [-0.4, -0.2) is 119 Å². The number of hydrogen-bond acceptors (Lipinski definition) is 18. The zero-order valence-corrected chi connectivity index (χ0v) is 28.3. The minimum Gasteiger partial charge on any atom is -0.348 e. The predicted molar refractivity (Wildman–Crippen MR) is 152 cm³/mol. The Hall–Kier alpha value is -1.54. The molecule has 0 saturated carbocycles. The van der Waals surface area contributed by atoms with Gasteiger partial charge in [0.25, 0.3) is 5.91 Å². The molecule has 1 aromatic rings. The van der Waals surface area contributed by atoms with Gasteiger partial charge in [0.2, 0.25) is 0 Å². The van der Waals surface area contributed by atoms with Gasteiger partial charge in [-0.3, -0.25) is 23.5 Å². The second kappa shape index (κ2) is 14.2. The lowest BCUT2D eigenvalue weighted by Crippen LogP contribution is -2.61. The number of ether oxygens (including phenoxy) is 5. The van der Waals surface area contributed by atoms with Crippen LogP contribution in [0.25, 0.3) is 0 Å². The summed E-state index contributed by atoms with van der Waals surface area (Å²) in [5.41, 5.74) is 0.635. The first-order valence-corrected chi connectivity index (χ1v) is 19.0. The van der Waals surface area contributed by atoms with Gasteiger partial charge in [-0.1, -0.05) is 30.3 Å². The van der Waals surface area contributed by atoms with Crippen molar-refractivity contribution in [3.8, 4) is 0 Å². The van der Waals surface area contributed by atoms with Crippen molar-refractivity contribution in [1.82, 2.24) is 5.32 Å². The van der Waals surface area contributed by atoms with E-state index >= 15 is 0 Å². The zero-order chi connectivity index (χ0) is 35.9. The van der Waals surface area contributed by atoms with Crippen LogP contribution in [0.4, 0.5) is 0 Å². The van der Waals surface area contributed by atoms with E-state index in [0.717, 1.165) is 6.92 Å². The van der Waals surface area contributed by atoms with Gasteiger partial charge in [0, 0.05) is 13.0 Å². The molecule has 3 aliphatic heterocycles. The molecule has 1 aromatic carbocycles. The van der Waals surface area contributed by atoms with Gasteiger partial charge in [-0.15, -0.1) is 0 Å². The number of fused-ring (bicyclic) bond motifs is 1. The second-order valence-corrected chi connectivity index (χ2v) is 15.3. The van der Waals surface area contributed by atoms with Crippen molar-refractivity contribution in [3.05, 3.63) is 35.9 Å². The highest BCUT2D eigenvalue weighted by atomic mass is 32.3. The van der Waals surface area contributed by atoms with Crippen molar-refractivity contribution in [3.63, 3.8) is 0 Å². The van der Waals surface area contributed by atoms with E-state index in [1.807, 2.05) is 0 Å². The van der Waals surface area contributed by atoms with Crippen LogP contribution in [0.2, 0.25) is 0 Å². The predicted octanol–water partition coefficient (Wildman–Crippen LogP) is -1.12. The Morgan fingerprint density at radius 3 is 2.00 bits per heavy atom. The van der Waals surface area contributed by atoms with E-state index in [-0.39, 0.29) is 6.61 Å². The molecule has 22 nitrogen and oxygen atoms in total. The first-order chi connectivity index (χ1) is 21.8. The molecule has 9 atom stereocenters. The Balaban J connectivity index is 1.68. The summed E-state index contributed by atoms with van der Waals surface area (Å²) in [4.78, 5) is 0. The summed E-state index contributed by atoms with van der Waals surface area (Å²) in [5.74, 6) is -4.00. The molecule has 0 amide bonds. The Morgan fingerprint density at radius 2 is 1.44 bits per heavy atom. The van der Waals surface area contributed by atoms with Crippen molar-refractivity contribution in [2.45, 2.75) is 94.5 Å². The van der Waals surface area contributed by atoms with Gasteiger partial charge in [-0.05, 0) is 26.3 Å². The molecule has 0 bridgehead atoms. The monoisotopic (exact) mass is 775 g/mol. The average molecular weight is 776 g/mol. The third-order valence-corrected chi connectivity index (χ3v) is 8.84. The first-order valence-electron chi connectivity index (χ1n) is 13.6. The highest BCUT2D eigenvalue weighted by Gasteiger charge is 2.68. The van der Waals surface area contributed by atoms with E-state index in [0.29, 0.717) is 5.56 Å². The highest BCUT2D eigenvalue weighted by Crippen LogP contribution is 2.46. The first kappa shape index (κ1) is 39.2. The smallest absolute Gasteiger partial charge is 0.348 e. The van der Waals surface area contributed by atoms with Crippen molar-refractivity contribution in [2.75, 3.05) is 6.54 Å². The molecule has 3 saturated heterocycles. The topological polar surface area (TPSA) is 313 Å². The lowest BCUT2D eigenvalue weighted by molar-refractivity contribution is -0.289. The van der Waals surface area contributed by atoms with Gasteiger partial charge in [-0.25, -0.2) is 16.7 Å². The molecule has 3 aliphatic rings. The lowest BCUT2D eigenvalue weighted by Gasteiger charge is -2.40. The highest BCUT2D eigenvalue weighted by molar-refractivity contribution is 7.81. The van der Waals surface area contributed by atoms with Crippen molar-refractivity contribution in [2.24, 2.45) is 0 Å². The molecule has 3 heterocycles. The molecule has 3 fully saturated rings. The van der Waals surface area contributed by atoms with Gasteiger partial charge >= 0.3 is 41.6 Å². The van der Waals surface area contributed by atoms with Gasteiger partial charge in [0.15, 0.2) is 18.2 Å². The fraction of sp³-hybridized carbons (Fsp3) is 0.727. The largest absolute Gasteiger partial charge is 0.397 e. The quantitative estimate of drug-likeness (QED) is 0.132. The fourth-order valence-corrected chi connectivity index (χ4v) is 7.38. The molecule has 0 unspecified atom stereocenters. The Bertz CT molecular complexity index is 1720. The summed E-state index contributed by atoms with van der Waals surface area (Å²) in [6, 6.07) is 8.49. The summed E-state index contributed by atoms with van der Waals surface area (Å²) in [7, 11) is -21.1. The number of hydrogen-bond donors (Lipinski definition) is 5. The van der Waals surface area contributed by atoms with Gasteiger partial charge in [0.1, 0.15) is 36.6 Å². The number of nitrogens with one attached hydrogen (secondary N) is 1. The summed E-state index contributed by atoms with van der Waals surface area (Å²) in [6.07, 6.45) is -14.8. The standard InChI is InChI=1S/C22H33NO21S4/c1-12(40-45(24,25)26)17-19(43-48(33,34)35)20-22(38-17,44-21(2,3)39-20)23-10-15-18(42-47(30,31)32)14(41-46(27,28)29)9-16(37-15)36-11-13-7-5-4-6-8-13/h4-8,12,14-20,23H,9-11H2,1-3H3,(H,24,25,26)(H,27,28,29)(H,30,31,32)(H,33,34,35)/t12-,14-,15-,16+,17-,18+,19+,20-,22-/m1/s1. The summed E-state index contributed by atoms with van der Waals surface area (Å²) in [5, 5.41) is 2.64. The van der Waals surface area contributed by atoms with E-state index < -0.39 is 115 Å². The van der Waals surface area contributed by atoms with Gasteiger partial charge in [-0.2, -0.15) is 33.7 Å². The summed E-state index contributed by atoms with van der Waals surface area (Å²) < 4.78 is 178. The molecule has 5 N–H and O–H groups in total. The van der Waals surface area contributed by atoms with Crippen LogP contribution in [0, 0.1) is 0 Å². The number of benzene rings is 1. The Labute approximate surface area is 275 Å². The minimum atomic E-state index is -5.36. The lowest BCUT2D eigenvalue weighted by atomic mass is 10.0. The average Bonchev–Trinajstić information content (AvgIpc) is 3.32. The summed E-state index contributed by atoms with van der Waals surface area (Å²) >= 11 is 0. The molecule has 276 valence electrons. The van der Waals surface area contributed by atoms with Crippen LogP contribution in [0.15, 0.2) is 30.3 Å². The Morgan fingerprint density at radius 1 is 0.854 bits per heavy atom. The van der Waals surface area contributed by atoms with Crippen molar-refractivity contribution < 1.29 is 92.3 Å². The van der Waals surface area contributed by atoms with Gasteiger partial charge < -0.3 is 23.7 Å². The third kappa shape index (κ3) is 11.0. The normalized spacial score (nSPS) is 33.4. The van der Waals surface area contributed by atoms with E-state index in [4.69, 9.17) is 27.9 Å². The van der Waals surface area contributed by atoms with Crippen LogP contribution in [-0.2, 0) is 88.6 Å². The molecule has 26 heteroatoms. The van der Waals surface area contributed by atoms with Crippen LogP contribution in [0.1, 0.15) is 32.8 Å². The maximum absolute atomic E-state index is 11.8. The molecular weight excluding hydrogens is 742 g/mol. The third-order valence-electron chi connectivity index (χ3n) is 6.88. The SMILES string of the molecule is C[C@@H](OS(=O)(=O)O)[C@H]1O[C@@]2(NC[C@H]3O[C@H](OCc4ccccc4)C[C@@H](OS(=O)(=O)O)[C@@H]3OS(=O)(=O)O)OC(C)(C)O[C@@H]2[C@H]1OS(=O)(=O)O. The Kier molecular flexibility index (Phi) is 11.6. The molecule has 0 spiro atoms. The molecule has 0 radical (unpaired) electrons. The van der Waals surface area contributed by atoms with Crippen LogP contribution in [0.5, 0.6) is 0 Å². The molecule has 0 aliphatic carbocycles. The van der Waals surface area contributed by atoms with E-state index in [2.05, 4.69) is 17.9 Å². The van der Waals surface area contributed by atoms with Crippen LogP contribution >= 0.6 is 0 Å². The van der Waals surface area contributed by atoms with E-state index in [1.165, 1.54) is 13.8 Å².